The lowest BCUT2D eigenvalue weighted by atomic mass is 9.96. The molecule has 0 unspecified atom stereocenters. The van der Waals surface area contributed by atoms with E-state index in [0.717, 1.165) is 31.8 Å². The summed E-state index contributed by atoms with van der Waals surface area (Å²) >= 11 is 5.17. The summed E-state index contributed by atoms with van der Waals surface area (Å²) in [4.78, 5) is 39.7. The smallest absolute Gasteiger partial charge is 0.355 e. The maximum atomic E-state index is 13.8. The molecular formula is C33H26BrNO5S. The number of hydrogen-bond acceptors (Lipinski definition) is 6. The second-order valence-electron chi connectivity index (χ2n) is 9.28. The quantitative estimate of drug-likeness (QED) is 0.132. The van der Waals surface area contributed by atoms with Crippen molar-refractivity contribution in [2.24, 2.45) is 0 Å². The van der Waals surface area contributed by atoms with Gasteiger partial charge in [-0.1, -0.05) is 70.5 Å². The van der Waals surface area contributed by atoms with Gasteiger partial charge in [-0.15, -0.1) is 11.8 Å². The van der Waals surface area contributed by atoms with Crippen molar-refractivity contribution in [1.82, 2.24) is 4.57 Å². The Balaban J connectivity index is 1.48. The molecule has 41 heavy (non-hydrogen) atoms. The van der Waals surface area contributed by atoms with E-state index in [2.05, 4.69) is 15.9 Å². The predicted octanol–water partition coefficient (Wildman–Crippen LogP) is 7.34. The fraction of sp³-hybridized carbons (Fsp3) is 0.121. The maximum absolute atomic E-state index is 13.8. The van der Waals surface area contributed by atoms with Gasteiger partial charge in [0.05, 0.1) is 26.3 Å². The second-order valence-corrected chi connectivity index (χ2v) is 11.2. The van der Waals surface area contributed by atoms with Crippen molar-refractivity contribution in [2.45, 2.75) is 17.2 Å². The SMILES string of the molecule is COC(=O)c1ccc(SCc2ccc(Cn3c(C(=O)OC)c(-c4ccccc4)c4cc(Br)ccc4c3=O)cc2)cc1. The fourth-order valence-corrected chi connectivity index (χ4v) is 5.89. The maximum Gasteiger partial charge on any atom is 0.355 e. The van der Waals surface area contributed by atoms with Crippen LogP contribution in [0.25, 0.3) is 21.9 Å². The number of aromatic nitrogens is 1. The minimum Gasteiger partial charge on any atom is -0.465 e. The standard InChI is InChI=1S/C33H26BrNO5S/c1-39-32(37)24-12-15-26(16-13-24)41-20-22-10-8-21(9-11-22)19-35-30(33(38)40-2)29(23-6-4-3-5-7-23)28-18-25(34)14-17-27(28)31(35)36/h3-18H,19-20H2,1-2H3. The molecule has 4 aromatic carbocycles. The van der Waals surface area contributed by atoms with Gasteiger partial charge in [0.1, 0.15) is 5.69 Å². The molecule has 0 saturated carbocycles. The summed E-state index contributed by atoms with van der Waals surface area (Å²) in [6.45, 7) is 0.206. The molecular weight excluding hydrogens is 602 g/mol. The number of benzene rings is 4. The molecule has 0 radical (unpaired) electrons. The van der Waals surface area contributed by atoms with Gasteiger partial charge in [0.25, 0.3) is 5.56 Å². The number of rotatable bonds is 8. The third-order valence-corrected chi connectivity index (χ3v) is 8.30. The largest absolute Gasteiger partial charge is 0.465 e. The van der Waals surface area contributed by atoms with E-state index in [1.807, 2.05) is 78.9 Å². The van der Waals surface area contributed by atoms with Gasteiger partial charge in [-0.2, -0.15) is 0 Å². The zero-order valence-electron chi connectivity index (χ0n) is 22.4. The van der Waals surface area contributed by atoms with Crippen molar-refractivity contribution in [3.05, 3.63) is 134 Å². The van der Waals surface area contributed by atoms with Crippen molar-refractivity contribution in [3.8, 4) is 11.1 Å². The first-order valence-corrected chi connectivity index (χ1v) is 14.6. The summed E-state index contributed by atoms with van der Waals surface area (Å²) in [6.07, 6.45) is 0. The lowest BCUT2D eigenvalue weighted by Gasteiger charge is -2.19. The number of carbonyl (C=O) groups excluding carboxylic acids is 2. The Morgan fingerprint density at radius 1 is 0.780 bits per heavy atom. The number of esters is 2. The van der Waals surface area contributed by atoms with Gasteiger partial charge in [0.15, 0.2) is 0 Å². The van der Waals surface area contributed by atoms with Crippen LogP contribution in [-0.4, -0.2) is 30.7 Å². The van der Waals surface area contributed by atoms with Crippen LogP contribution < -0.4 is 5.56 Å². The number of methoxy groups -OCH3 is 2. The van der Waals surface area contributed by atoms with Crippen LogP contribution in [0.1, 0.15) is 32.0 Å². The first-order valence-electron chi connectivity index (χ1n) is 12.8. The molecule has 1 heterocycles. The number of halogens is 1. The molecule has 6 nitrogen and oxygen atoms in total. The summed E-state index contributed by atoms with van der Waals surface area (Å²) < 4.78 is 12.3. The second kappa shape index (κ2) is 12.6. The van der Waals surface area contributed by atoms with Crippen molar-refractivity contribution in [2.75, 3.05) is 14.2 Å². The van der Waals surface area contributed by atoms with Gasteiger partial charge in [-0.05, 0) is 64.5 Å². The average Bonchev–Trinajstić information content (AvgIpc) is 3.01. The third-order valence-electron chi connectivity index (χ3n) is 6.72. The number of thioether (sulfide) groups is 1. The van der Waals surface area contributed by atoms with E-state index in [-0.39, 0.29) is 23.8 Å². The number of ether oxygens (including phenoxy) is 2. The molecule has 0 fully saturated rings. The Morgan fingerprint density at radius 3 is 2.10 bits per heavy atom. The van der Waals surface area contributed by atoms with Gasteiger partial charge in [0.2, 0.25) is 0 Å². The third kappa shape index (κ3) is 6.14. The van der Waals surface area contributed by atoms with E-state index < -0.39 is 5.97 Å². The monoisotopic (exact) mass is 627 g/mol. The van der Waals surface area contributed by atoms with Crippen molar-refractivity contribution in [3.63, 3.8) is 0 Å². The molecule has 0 bridgehead atoms. The lowest BCUT2D eigenvalue weighted by Crippen LogP contribution is -2.28. The summed E-state index contributed by atoms with van der Waals surface area (Å²) in [5, 5.41) is 1.20. The normalized spacial score (nSPS) is 10.9. The van der Waals surface area contributed by atoms with Gasteiger partial charge in [-0.25, -0.2) is 9.59 Å². The van der Waals surface area contributed by atoms with Gasteiger partial charge in [0, 0.05) is 26.1 Å². The Kier molecular flexibility index (Phi) is 8.71. The van der Waals surface area contributed by atoms with Crippen molar-refractivity contribution in [1.29, 1.82) is 0 Å². The minimum absolute atomic E-state index is 0.206. The predicted molar refractivity (Wildman–Crippen MR) is 166 cm³/mol. The molecule has 5 aromatic rings. The number of pyridine rings is 1. The first kappa shape index (κ1) is 28.4. The molecule has 0 aliphatic heterocycles. The molecule has 8 heteroatoms. The Hall–Kier alpha value is -4.14. The van der Waals surface area contributed by atoms with E-state index >= 15 is 0 Å². The minimum atomic E-state index is -0.575. The van der Waals surface area contributed by atoms with Crippen molar-refractivity contribution >= 4 is 50.4 Å². The van der Waals surface area contributed by atoms with E-state index in [0.29, 0.717) is 21.9 Å². The van der Waals surface area contributed by atoms with Gasteiger partial charge >= 0.3 is 11.9 Å². The topological polar surface area (TPSA) is 74.6 Å². The molecule has 0 amide bonds. The molecule has 0 saturated heterocycles. The van der Waals surface area contributed by atoms with Crippen molar-refractivity contribution < 1.29 is 19.1 Å². The highest BCUT2D eigenvalue weighted by Gasteiger charge is 2.24. The van der Waals surface area contributed by atoms with Crippen LogP contribution in [0.5, 0.6) is 0 Å². The van der Waals surface area contributed by atoms with E-state index in [4.69, 9.17) is 9.47 Å². The molecule has 1 aromatic heterocycles. The molecule has 0 N–H and O–H groups in total. The number of nitrogens with zero attached hydrogens (tertiary/aromatic N) is 1. The Labute approximate surface area is 250 Å². The summed E-state index contributed by atoms with van der Waals surface area (Å²) in [7, 11) is 2.69. The highest BCUT2D eigenvalue weighted by atomic mass is 79.9. The zero-order chi connectivity index (χ0) is 28.9. The highest BCUT2D eigenvalue weighted by molar-refractivity contribution is 9.10. The average molecular weight is 629 g/mol. The Bertz CT molecular complexity index is 1780. The number of hydrogen-bond donors (Lipinski definition) is 0. The fourth-order valence-electron chi connectivity index (χ4n) is 4.67. The van der Waals surface area contributed by atoms with Crippen LogP contribution in [-0.2, 0) is 21.8 Å². The molecule has 0 aliphatic carbocycles. The number of carbonyl (C=O) groups is 2. The van der Waals surface area contributed by atoms with Crippen LogP contribution in [0.3, 0.4) is 0 Å². The van der Waals surface area contributed by atoms with Crippen LogP contribution in [0.15, 0.2) is 111 Å². The molecule has 206 valence electrons. The first-order chi connectivity index (χ1) is 19.9. The van der Waals surface area contributed by atoms with Gasteiger partial charge in [-0.3, -0.25) is 9.36 Å². The van der Waals surface area contributed by atoms with E-state index in [1.54, 1.807) is 30.0 Å². The van der Waals surface area contributed by atoms with Gasteiger partial charge < -0.3 is 9.47 Å². The molecule has 0 atom stereocenters. The summed E-state index contributed by atoms with van der Waals surface area (Å²) in [5.74, 6) is -0.204. The van der Waals surface area contributed by atoms with Crippen LogP contribution in [0, 0.1) is 0 Å². The van der Waals surface area contributed by atoms with E-state index in [9.17, 15) is 14.4 Å². The highest BCUT2D eigenvalue weighted by Crippen LogP contribution is 2.33. The molecule has 0 aliphatic rings. The molecule has 0 spiro atoms. The molecule has 5 rings (SSSR count). The summed E-state index contributed by atoms with van der Waals surface area (Å²) in [6, 6.07) is 30.3. The van der Waals surface area contributed by atoms with Crippen LogP contribution in [0.2, 0.25) is 0 Å². The Morgan fingerprint density at radius 2 is 1.44 bits per heavy atom. The summed E-state index contributed by atoms with van der Waals surface area (Å²) in [5.41, 5.74) is 3.91. The van der Waals surface area contributed by atoms with Crippen LogP contribution in [0.4, 0.5) is 0 Å². The lowest BCUT2D eigenvalue weighted by molar-refractivity contribution is 0.0584. The zero-order valence-corrected chi connectivity index (χ0v) is 24.8. The van der Waals surface area contributed by atoms with E-state index in [1.165, 1.54) is 18.8 Å². The van der Waals surface area contributed by atoms with Crippen LogP contribution >= 0.6 is 27.7 Å². The number of fused-ring (bicyclic) bond motifs is 1.